The first-order chi connectivity index (χ1) is 8.22. The van der Waals surface area contributed by atoms with Crippen LogP contribution in [0.2, 0.25) is 0 Å². The third-order valence-corrected chi connectivity index (χ3v) is 5.31. The summed E-state index contributed by atoms with van der Waals surface area (Å²) in [4.78, 5) is 14.6. The first-order valence-electron chi connectivity index (χ1n) is 6.83. The average Bonchev–Trinajstić information content (AvgIpc) is 2.92. The maximum atomic E-state index is 12.4. The van der Waals surface area contributed by atoms with Crippen molar-refractivity contribution in [2.45, 2.75) is 69.5 Å². The maximum Gasteiger partial charge on any atom is 0.241 e. The topological polar surface area (TPSA) is 32.3 Å². The van der Waals surface area contributed by atoms with Crippen LogP contribution in [0, 0.1) is 0 Å². The lowest BCUT2D eigenvalue weighted by Gasteiger charge is -2.33. The van der Waals surface area contributed by atoms with E-state index in [-0.39, 0.29) is 12.2 Å². The van der Waals surface area contributed by atoms with Gasteiger partial charge in [0.15, 0.2) is 0 Å². The van der Waals surface area contributed by atoms with Crippen LogP contribution in [0.4, 0.5) is 0 Å². The van der Waals surface area contributed by atoms with Crippen LogP contribution in [0.3, 0.4) is 0 Å². The fourth-order valence-corrected chi connectivity index (χ4v) is 4.20. The highest BCUT2D eigenvalue weighted by Crippen LogP contribution is 2.35. The zero-order chi connectivity index (χ0) is 12.4. The molecule has 4 atom stereocenters. The van der Waals surface area contributed by atoms with Crippen molar-refractivity contribution in [1.82, 2.24) is 10.2 Å². The van der Waals surface area contributed by atoms with Gasteiger partial charge in [-0.05, 0) is 31.9 Å². The Bertz CT molecular complexity index is 285. The summed E-state index contributed by atoms with van der Waals surface area (Å²) in [6.45, 7) is 4.26. The van der Waals surface area contributed by atoms with E-state index in [1.807, 2.05) is 11.8 Å². The first-order valence-corrected chi connectivity index (χ1v) is 8.12. The molecule has 0 aromatic carbocycles. The van der Waals surface area contributed by atoms with Crippen molar-refractivity contribution >= 4 is 17.7 Å². The number of hydrogen-bond donors (Lipinski definition) is 1. The molecule has 0 aromatic rings. The summed E-state index contributed by atoms with van der Waals surface area (Å²) in [6, 6.07) is 0.523. The van der Waals surface area contributed by atoms with Gasteiger partial charge in [-0.1, -0.05) is 20.3 Å². The summed E-state index contributed by atoms with van der Waals surface area (Å²) in [5, 5.41) is 4.12. The SMILES string of the molecule is CCC1NC(CC)N(C2CCCC2SC)C1=O. The smallest absolute Gasteiger partial charge is 0.241 e. The molecule has 2 fully saturated rings. The van der Waals surface area contributed by atoms with Gasteiger partial charge in [-0.3, -0.25) is 10.1 Å². The van der Waals surface area contributed by atoms with Gasteiger partial charge < -0.3 is 4.90 Å². The van der Waals surface area contributed by atoms with Crippen molar-refractivity contribution in [2.75, 3.05) is 6.26 Å². The summed E-state index contributed by atoms with van der Waals surface area (Å²) in [6.07, 6.45) is 8.09. The lowest BCUT2D eigenvalue weighted by molar-refractivity contribution is -0.132. The number of nitrogens with one attached hydrogen (secondary N) is 1. The fraction of sp³-hybridized carbons (Fsp3) is 0.923. The van der Waals surface area contributed by atoms with Crippen LogP contribution in [0.1, 0.15) is 46.0 Å². The number of thioether (sulfide) groups is 1. The second-order valence-electron chi connectivity index (χ2n) is 5.07. The number of hydrogen-bond acceptors (Lipinski definition) is 3. The lowest BCUT2D eigenvalue weighted by Crippen LogP contribution is -2.46. The monoisotopic (exact) mass is 256 g/mol. The Labute approximate surface area is 109 Å². The molecule has 1 aliphatic carbocycles. The molecule has 2 rings (SSSR count). The van der Waals surface area contributed by atoms with Crippen LogP contribution in [-0.4, -0.2) is 40.6 Å². The summed E-state index contributed by atoms with van der Waals surface area (Å²) in [5.74, 6) is 0.338. The highest BCUT2D eigenvalue weighted by Gasteiger charge is 2.44. The maximum absolute atomic E-state index is 12.4. The number of carbonyl (C=O) groups is 1. The lowest BCUT2D eigenvalue weighted by atomic mass is 10.1. The van der Waals surface area contributed by atoms with Gasteiger partial charge in [-0.15, -0.1) is 0 Å². The summed E-state index contributed by atoms with van der Waals surface area (Å²) >= 11 is 1.93. The molecule has 3 nitrogen and oxygen atoms in total. The fourth-order valence-electron chi connectivity index (χ4n) is 3.22. The highest BCUT2D eigenvalue weighted by atomic mass is 32.2. The highest BCUT2D eigenvalue weighted by molar-refractivity contribution is 7.99. The third-order valence-electron chi connectivity index (χ3n) is 4.15. The molecule has 1 heterocycles. The molecule has 1 aliphatic heterocycles. The Morgan fingerprint density at radius 1 is 1.35 bits per heavy atom. The van der Waals surface area contributed by atoms with Gasteiger partial charge in [0.1, 0.15) is 0 Å². The molecule has 1 N–H and O–H groups in total. The molecule has 4 unspecified atom stereocenters. The van der Waals surface area contributed by atoms with Crippen LogP contribution in [0.25, 0.3) is 0 Å². The van der Waals surface area contributed by atoms with E-state index in [0.717, 1.165) is 12.8 Å². The largest absolute Gasteiger partial charge is 0.322 e. The summed E-state index contributed by atoms with van der Waals surface area (Å²) in [7, 11) is 0. The predicted octanol–water partition coefficient (Wildman–Crippen LogP) is 2.22. The zero-order valence-corrected chi connectivity index (χ0v) is 11.9. The van der Waals surface area contributed by atoms with Gasteiger partial charge in [-0.2, -0.15) is 11.8 Å². The molecule has 0 spiro atoms. The van der Waals surface area contributed by atoms with Crippen molar-refractivity contribution in [3.63, 3.8) is 0 Å². The molecule has 0 bridgehead atoms. The third kappa shape index (κ3) is 2.34. The summed E-state index contributed by atoms with van der Waals surface area (Å²) in [5.41, 5.74) is 0. The van der Waals surface area contributed by atoms with Crippen LogP contribution in [-0.2, 0) is 4.79 Å². The van der Waals surface area contributed by atoms with E-state index >= 15 is 0 Å². The molecular weight excluding hydrogens is 232 g/mol. The van der Waals surface area contributed by atoms with E-state index in [2.05, 4.69) is 30.3 Å². The molecule has 1 saturated carbocycles. The van der Waals surface area contributed by atoms with Gasteiger partial charge >= 0.3 is 0 Å². The Kier molecular flexibility index (Phi) is 4.36. The van der Waals surface area contributed by atoms with E-state index in [1.165, 1.54) is 19.3 Å². The zero-order valence-electron chi connectivity index (χ0n) is 11.1. The number of nitrogens with zero attached hydrogens (tertiary/aromatic N) is 1. The Hall–Kier alpha value is -0.220. The van der Waals surface area contributed by atoms with Crippen LogP contribution in [0.15, 0.2) is 0 Å². The number of carbonyl (C=O) groups excluding carboxylic acids is 1. The Balaban J connectivity index is 2.14. The van der Waals surface area contributed by atoms with Crippen LogP contribution < -0.4 is 5.32 Å². The second-order valence-corrected chi connectivity index (χ2v) is 6.15. The van der Waals surface area contributed by atoms with Gasteiger partial charge in [0, 0.05) is 11.3 Å². The Morgan fingerprint density at radius 3 is 2.71 bits per heavy atom. The van der Waals surface area contributed by atoms with Crippen LogP contribution in [0.5, 0.6) is 0 Å². The normalized spacial score (nSPS) is 38.1. The quantitative estimate of drug-likeness (QED) is 0.837. The van der Waals surface area contributed by atoms with Gasteiger partial charge in [0.05, 0.1) is 12.2 Å². The minimum Gasteiger partial charge on any atom is -0.322 e. The first kappa shape index (κ1) is 13.2. The van der Waals surface area contributed by atoms with Crippen molar-refractivity contribution in [3.8, 4) is 0 Å². The minimum atomic E-state index is 0.0584. The molecule has 4 heteroatoms. The predicted molar refractivity (Wildman–Crippen MR) is 73.1 cm³/mol. The van der Waals surface area contributed by atoms with Crippen molar-refractivity contribution in [3.05, 3.63) is 0 Å². The standard InChI is InChI=1S/C13H24N2OS/c1-4-9-13(16)15(12(5-2)14-9)10-7-6-8-11(10)17-3/h9-12,14H,4-8H2,1-3H3. The second kappa shape index (κ2) is 5.61. The molecule has 1 amide bonds. The van der Waals surface area contributed by atoms with Gasteiger partial charge in [-0.25, -0.2) is 0 Å². The average molecular weight is 256 g/mol. The molecule has 0 aromatic heterocycles. The van der Waals surface area contributed by atoms with Crippen LogP contribution >= 0.6 is 11.8 Å². The molecule has 98 valence electrons. The van der Waals surface area contributed by atoms with Gasteiger partial charge in [0.25, 0.3) is 0 Å². The van der Waals surface area contributed by atoms with E-state index < -0.39 is 0 Å². The van der Waals surface area contributed by atoms with Gasteiger partial charge in [0.2, 0.25) is 5.91 Å². The van der Waals surface area contributed by atoms with Crippen molar-refractivity contribution in [1.29, 1.82) is 0 Å². The van der Waals surface area contributed by atoms with E-state index in [9.17, 15) is 4.79 Å². The molecule has 2 aliphatic rings. The number of amides is 1. The van der Waals surface area contributed by atoms with E-state index in [0.29, 0.717) is 17.2 Å². The summed E-state index contributed by atoms with van der Waals surface area (Å²) < 4.78 is 0. The van der Waals surface area contributed by atoms with Crippen molar-refractivity contribution < 1.29 is 4.79 Å². The molecular formula is C13H24N2OS. The van der Waals surface area contributed by atoms with Crippen molar-refractivity contribution in [2.24, 2.45) is 0 Å². The molecule has 17 heavy (non-hydrogen) atoms. The number of rotatable bonds is 4. The molecule has 1 saturated heterocycles. The molecule has 0 radical (unpaired) electrons. The van der Waals surface area contributed by atoms with E-state index in [1.54, 1.807) is 0 Å². The van der Waals surface area contributed by atoms with E-state index in [4.69, 9.17) is 0 Å². The minimum absolute atomic E-state index is 0.0584. The Morgan fingerprint density at radius 2 is 2.12 bits per heavy atom.